The number of carbonyl (C=O) groups excluding carboxylic acids is 2. The number of likely N-dealkylation sites (tertiary alicyclic amines) is 1. The standard InChI is InChI=1S/C17H25NO4/c1-11-8-9-14-13(10-15(22-14)17(20)21-2)18(11)16(19)12-6-4-3-5-7-12/h3-4,11-15H,5-10H2,1-2H3/t11-,12-,13-,14+,15+/m1/s1. The molecule has 3 rings (SSSR count). The highest BCUT2D eigenvalue weighted by Gasteiger charge is 2.48. The molecule has 5 atom stereocenters. The summed E-state index contributed by atoms with van der Waals surface area (Å²) in [4.78, 5) is 26.7. The molecule has 0 N–H and O–H groups in total. The molecular formula is C17H25NO4. The van der Waals surface area contributed by atoms with Crippen molar-refractivity contribution in [3.05, 3.63) is 12.2 Å². The van der Waals surface area contributed by atoms with Gasteiger partial charge in [-0.2, -0.15) is 0 Å². The highest BCUT2D eigenvalue weighted by atomic mass is 16.6. The maximum Gasteiger partial charge on any atom is 0.335 e. The van der Waals surface area contributed by atoms with Crippen LogP contribution in [-0.2, 0) is 19.1 Å². The van der Waals surface area contributed by atoms with Gasteiger partial charge in [0.1, 0.15) is 0 Å². The van der Waals surface area contributed by atoms with Crippen LogP contribution in [0.15, 0.2) is 12.2 Å². The van der Waals surface area contributed by atoms with E-state index in [0.29, 0.717) is 6.42 Å². The number of hydrogen-bond acceptors (Lipinski definition) is 4. The lowest BCUT2D eigenvalue weighted by atomic mass is 9.87. The Morgan fingerprint density at radius 2 is 2.05 bits per heavy atom. The van der Waals surface area contributed by atoms with Crippen molar-refractivity contribution in [2.75, 3.05) is 7.11 Å². The van der Waals surface area contributed by atoms with Crippen LogP contribution in [0.5, 0.6) is 0 Å². The molecule has 0 saturated carbocycles. The second-order valence-corrected chi connectivity index (χ2v) is 6.64. The molecule has 3 aliphatic rings. The number of carbonyl (C=O) groups is 2. The van der Waals surface area contributed by atoms with Crippen LogP contribution < -0.4 is 0 Å². The van der Waals surface area contributed by atoms with E-state index in [9.17, 15) is 9.59 Å². The molecule has 2 aliphatic heterocycles. The number of ether oxygens (including phenoxy) is 2. The molecule has 0 unspecified atom stereocenters. The van der Waals surface area contributed by atoms with Gasteiger partial charge in [0, 0.05) is 18.4 Å². The van der Waals surface area contributed by atoms with Gasteiger partial charge in [0.25, 0.3) is 0 Å². The van der Waals surface area contributed by atoms with Crippen LogP contribution in [0, 0.1) is 5.92 Å². The molecule has 5 nitrogen and oxygen atoms in total. The van der Waals surface area contributed by atoms with E-state index in [4.69, 9.17) is 9.47 Å². The first-order valence-corrected chi connectivity index (χ1v) is 8.32. The van der Waals surface area contributed by atoms with E-state index in [1.807, 2.05) is 4.90 Å². The molecular weight excluding hydrogens is 282 g/mol. The van der Waals surface area contributed by atoms with Crippen LogP contribution in [-0.4, -0.2) is 48.2 Å². The number of rotatable bonds is 2. The van der Waals surface area contributed by atoms with Crippen molar-refractivity contribution in [3.8, 4) is 0 Å². The van der Waals surface area contributed by atoms with Crippen molar-refractivity contribution in [3.63, 3.8) is 0 Å². The molecule has 22 heavy (non-hydrogen) atoms. The molecule has 0 bridgehead atoms. The van der Waals surface area contributed by atoms with Crippen molar-refractivity contribution in [2.24, 2.45) is 5.92 Å². The van der Waals surface area contributed by atoms with Crippen molar-refractivity contribution in [1.82, 2.24) is 4.90 Å². The van der Waals surface area contributed by atoms with Gasteiger partial charge in [-0.25, -0.2) is 4.79 Å². The molecule has 0 spiro atoms. The summed E-state index contributed by atoms with van der Waals surface area (Å²) in [7, 11) is 1.38. The van der Waals surface area contributed by atoms with Gasteiger partial charge in [0.15, 0.2) is 6.10 Å². The maximum atomic E-state index is 13.0. The summed E-state index contributed by atoms with van der Waals surface area (Å²) in [5.74, 6) is -0.000839. The zero-order chi connectivity index (χ0) is 15.7. The van der Waals surface area contributed by atoms with E-state index < -0.39 is 6.10 Å². The quantitative estimate of drug-likeness (QED) is 0.579. The van der Waals surface area contributed by atoms with Gasteiger partial charge in [-0.1, -0.05) is 12.2 Å². The van der Waals surface area contributed by atoms with Crippen molar-refractivity contribution >= 4 is 11.9 Å². The third-order valence-electron chi connectivity index (χ3n) is 5.26. The Hall–Kier alpha value is -1.36. The minimum Gasteiger partial charge on any atom is -0.467 e. The Kier molecular flexibility index (Phi) is 4.52. The van der Waals surface area contributed by atoms with Crippen molar-refractivity contribution < 1.29 is 19.1 Å². The number of hydrogen-bond donors (Lipinski definition) is 0. The van der Waals surface area contributed by atoms with Gasteiger partial charge in [0.05, 0.1) is 19.3 Å². The van der Waals surface area contributed by atoms with E-state index in [2.05, 4.69) is 19.1 Å². The molecule has 0 aromatic rings. The van der Waals surface area contributed by atoms with Crippen LogP contribution in [0.4, 0.5) is 0 Å². The summed E-state index contributed by atoms with van der Waals surface area (Å²) in [6.07, 6.45) is 8.87. The van der Waals surface area contributed by atoms with E-state index in [1.165, 1.54) is 7.11 Å². The molecule has 2 fully saturated rings. The van der Waals surface area contributed by atoms with Crippen LogP contribution in [0.25, 0.3) is 0 Å². The summed E-state index contributed by atoms with van der Waals surface area (Å²) in [6, 6.07) is 0.242. The lowest BCUT2D eigenvalue weighted by molar-refractivity contribution is -0.154. The SMILES string of the molecule is COC(=O)[C@@H]1C[C@@H]2[C@H](CC[C@@H](C)N2C(=O)[C@@H]2CC=CCC2)O1. The summed E-state index contributed by atoms with van der Waals surface area (Å²) in [6.45, 7) is 2.11. The van der Waals surface area contributed by atoms with Crippen LogP contribution >= 0.6 is 0 Å². The molecule has 1 amide bonds. The van der Waals surface area contributed by atoms with Crippen LogP contribution in [0.1, 0.15) is 45.4 Å². The van der Waals surface area contributed by atoms with Gasteiger partial charge >= 0.3 is 5.97 Å². The zero-order valence-corrected chi connectivity index (χ0v) is 13.4. The number of nitrogens with zero attached hydrogens (tertiary/aromatic N) is 1. The predicted octanol–water partition coefficient (Wildman–Crippen LogP) is 2.05. The number of fused-ring (bicyclic) bond motifs is 1. The second-order valence-electron chi connectivity index (χ2n) is 6.64. The van der Waals surface area contributed by atoms with Crippen molar-refractivity contribution in [2.45, 2.75) is 69.7 Å². The first-order valence-electron chi connectivity index (χ1n) is 8.32. The largest absolute Gasteiger partial charge is 0.467 e. The average molecular weight is 307 g/mol. The number of allylic oxidation sites excluding steroid dienone is 2. The first-order chi connectivity index (χ1) is 10.6. The summed E-state index contributed by atoms with van der Waals surface area (Å²) < 4.78 is 10.7. The second kappa shape index (κ2) is 6.41. The Morgan fingerprint density at radius 1 is 1.23 bits per heavy atom. The Morgan fingerprint density at radius 3 is 2.73 bits per heavy atom. The summed E-state index contributed by atoms with van der Waals surface area (Å²) in [5, 5.41) is 0. The minimum absolute atomic E-state index is 0.0197. The van der Waals surface area contributed by atoms with Crippen LogP contribution in [0.2, 0.25) is 0 Å². The molecule has 5 heteroatoms. The normalized spacial score (nSPS) is 37.7. The molecule has 0 radical (unpaired) electrons. The highest BCUT2D eigenvalue weighted by Crippen LogP contribution is 2.37. The molecule has 122 valence electrons. The van der Waals surface area contributed by atoms with Crippen LogP contribution in [0.3, 0.4) is 0 Å². The fraction of sp³-hybridized carbons (Fsp3) is 0.765. The third-order valence-corrected chi connectivity index (χ3v) is 5.26. The Labute approximate surface area is 131 Å². The Bertz CT molecular complexity index is 475. The lowest BCUT2D eigenvalue weighted by Crippen LogP contribution is -2.55. The summed E-state index contributed by atoms with van der Waals surface area (Å²) in [5.41, 5.74) is 0. The number of piperidine rings is 1. The highest BCUT2D eigenvalue weighted by molar-refractivity contribution is 5.81. The van der Waals surface area contributed by atoms with Gasteiger partial charge in [-0.3, -0.25) is 4.79 Å². The number of esters is 1. The smallest absolute Gasteiger partial charge is 0.335 e. The predicted molar refractivity (Wildman–Crippen MR) is 81.1 cm³/mol. The molecule has 0 aromatic carbocycles. The summed E-state index contributed by atoms with van der Waals surface area (Å²) >= 11 is 0. The van der Waals surface area contributed by atoms with Gasteiger partial charge in [-0.05, 0) is 39.0 Å². The van der Waals surface area contributed by atoms with E-state index in [-0.39, 0.29) is 36.0 Å². The monoisotopic (exact) mass is 307 g/mol. The fourth-order valence-electron chi connectivity index (χ4n) is 4.05. The maximum absolute atomic E-state index is 13.0. The van der Waals surface area contributed by atoms with E-state index in [0.717, 1.165) is 32.1 Å². The Balaban J connectivity index is 1.75. The topological polar surface area (TPSA) is 55.8 Å². The molecule has 0 aromatic heterocycles. The van der Waals surface area contributed by atoms with E-state index in [1.54, 1.807) is 0 Å². The molecule has 2 saturated heterocycles. The van der Waals surface area contributed by atoms with E-state index >= 15 is 0 Å². The minimum atomic E-state index is -0.521. The lowest BCUT2D eigenvalue weighted by Gasteiger charge is -2.43. The number of methoxy groups -OCH3 is 1. The molecule has 1 aliphatic carbocycles. The van der Waals surface area contributed by atoms with Gasteiger partial charge in [0.2, 0.25) is 5.91 Å². The number of amides is 1. The zero-order valence-electron chi connectivity index (χ0n) is 13.4. The molecule has 2 heterocycles. The van der Waals surface area contributed by atoms with Crippen molar-refractivity contribution in [1.29, 1.82) is 0 Å². The first kappa shape index (κ1) is 15.5. The average Bonchev–Trinajstić information content (AvgIpc) is 2.98. The van der Waals surface area contributed by atoms with Gasteiger partial charge in [-0.15, -0.1) is 0 Å². The third kappa shape index (κ3) is 2.78. The van der Waals surface area contributed by atoms with Gasteiger partial charge < -0.3 is 14.4 Å². The fourth-order valence-corrected chi connectivity index (χ4v) is 4.05.